The van der Waals surface area contributed by atoms with Crippen LogP contribution in [0.3, 0.4) is 0 Å². The first-order chi connectivity index (χ1) is 6.26. The first-order valence-corrected chi connectivity index (χ1v) is 4.85. The molecule has 3 heteroatoms. The van der Waals surface area contributed by atoms with Gasteiger partial charge in [0.25, 0.3) is 0 Å². The first kappa shape index (κ1) is 12.2. The molecule has 0 saturated heterocycles. The summed E-state index contributed by atoms with van der Waals surface area (Å²) < 4.78 is 0. The van der Waals surface area contributed by atoms with Crippen molar-refractivity contribution in [2.45, 2.75) is 20.8 Å². The second kappa shape index (κ2) is 7.80. The van der Waals surface area contributed by atoms with Gasteiger partial charge in [-0.1, -0.05) is 12.2 Å². The molecule has 0 bridgehead atoms. The molecule has 0 atom stereocenters. The summed E-state index contributed by atoms with van der Waals surface area (Å²) in [5, 5.41) is 3.06. The predicted octanol–water partition coefficient (Wildman–Crippen LogP) is 1.02. The van der Waals surface area contributed by atoms with Gasteiger partial charge < -0.3 is 10.2 Å². The molecule has 0 radical (unpaired) electrons. The van der Waals surface area contributed by atoms with E-state index in [4.69, 9.17) is 0 Å². The van der Waals surface area contributed by atoms with E-state index >= 15 is 0 Å². The van der Waals surface area contributed by atoms with Crippen LogP contribution >= 0.6 is 0 Å². The van der Waals surface area contributed by atoms with Crippen molar-refractivity contribution >= 4 is 5.91 Å². The maximum absolute atomic E-state index is 11.4. The van der Waals surface area contributed by atoms with Crippen LogP contribution in [-0.2, 0) is 4.79 Å². The van der Waals surface area contributed by atoms with Gasteiger partial charge in [0.2, 0.25) is 5.91 Å². The van der Waals surface area contributed by atoms with Crippen LogP contribution < -0.4 is 5.32 Å². The summed E-state index contributed by atoms with van der Waals surface area (Å²) in [6, 6.07) is 0. The SMILES string of the molecule is C/C=C/CNCC(=O)N(CC)CC. The number of amides is 1. The van der Waals surface area contributed by atoms with E-state index < -0.39 is 0 Å². The zero-order valence-corrected chi connectivity index (χ0v) is 8.84. The molecular weight excluding hydrogens is 164 g/mol. The highest BCUT2D eigenvalue weighted by Crippen LogP contribution is 1.86. The van der Waals surface area contributed by atoms with Gasteiger partial charge in [0, 0.05) is 19.6 Å². The van der Waals surface area contributed by atoms with Crippen LogP contribution in [0.15, 0.2) is 12.2 Å². The number of hydrogen-bond acceptors (Lipinski definition) is 2. The molecule has 0 unspecified atom stereocenters. The Kier molecular flexibility index (Phi) is 7.30. The van der Waals surface area contributed by atoms with Crippen molar-refractivity contribution in [2.75, 3.05) is 26.2 Å². The lowest BCUT2D eigenvalue weighted by Gasteiger charge is -2.18. The summed E-state index contributed by atoms with van der Waals surface area (Å²) in [5.74, 6) is 0.175. The average molecular weight is 184 g/mol. The fraction of sp³-hybridized carbons (Fsp3) is 0.700. The van der Waals surface area contributed by atoms with Crippen LogP contribution in [-0.4, -0.2) is 37.0 Å². The van der Waals surface area contributed by atoms with Crippen molar-refractivity contribution in [3.05, 3.63) is 12.2 Å². The van der Waals surface area contributed by atoms with E-state index in [-0.39, 0.29) is 5.91 Å². The van der Waals surface area contributed by atoms with Gasteiger partial charge in [-0.15, -0.1) is 0 Å². The van der Waals surface area contributed by atoms with Gasteiger partial charge in [0.05, 0.1) is 6.54 Å². The van der Waals surface area contributed by atoms with E-state index in [0.29, 0.717) is 6.54 Å². The van der Waals surface area contributed by atoms with Gasteiger partial charge in [-0.25, -0.2) is 0 Å². The Morgan fingerprint density at radius 3 is 2.46 bits per heavy atom. The van der Waals surface area contributed by atoms with E-state index in [1.54, 1.807) is 0 Å². The molecule has 76 valence electrons. The molecule has 0 spiro atoms. The summed E-state index contributed by atoms with van der Waals surface area (Å²) in [6.45, 7) is 8.74. The molecule has 1 N–H and O–H groups in total. The third kappa shape index (κ3) is 5.42. The van der Waals surface area contributed by atoms with Gasteiger partial charge in [0.1, 0.15) is 0 Å². The molecule has 0 aromatic heterocycles. The van der Waals surface area contributed by atoms with Crippen LogP contribution in [0.25, 0.3) is 0 Å². The van der Waals surface area contributed by atoms with E-state index in [0.717, 1.165) is 19.6 Å². The average Bonchev–Trinajstić information content (AvgIpc) is 2.14. The van der Waals surface area contributed by atoms with Gasteiger partial charge in [-0.2, -0.15) is 0 Å². The quantitative estimate of drug-likeness (QED) is 0.494. The lowest BCUT2D eigenvalue weighted by atomic mass is 10.4. The monoisotopic (exact) mass is 184 g/mol. The van der Waals surface area contributed by atoms with Gasteiger partial charge in [-0.3, -0.25) is 4.79 Å². The molecule has 0 fully saturated rings. The Morgan fingerprint density at radius 2 is 2.00 bits per heavy atom. The van der Waals surface area contributed by atoms with Crippen LogP contribution in [0.5, 0.6) is 0 Å². The minimum absolute atomic E-state index is 0.175. The second-order valence-electron chi connectivity index (χ2n) is 2.77. The molecule has 1 amide bonds. The first-order valence-electron chi connectivity index (χ1n) is 4.85. The van der Waals surface area contributed by atoms with Crippen molar-refractivity contribution in [1.29, 1.82) is 0 Å². The molecular formula is C10H20N2O. The van der Waals surface area contributed by atoms with Gasteiger partial charge in [0.15, 0.2) is 0 Å². The highest BCUT2D eigenvalue weighted by Gasteiger charge is 2.06. The number of hydrogen-bond donors (Lipinski definition) is 1. The highest BCUT2D eigenvalue weighted by atomic mass is 16.2. The third-order valence-electron chi connectivity index (χ3n) is 1.89. The molecule has 0 aliphatic carbocycles. The maximum Gasteiger partial charge on any atom is 0.236 e. The van der Waals surface area contributed by atoms with Crippen LogP contribution in [0.2, 0.25) is 0 Å². The van der Waals surface area contributed by atoms with Crippen LogP contribution in [0.1, 0.15) is 20.8 Å². The molecule has 0 aromatic carbocycles. The largest absolute Gasteiger partial charge is 0.342 e. The van der Waals surface area contributed by atoms with Crippen molar-refractivity contribution in [2.24, 2.45) is 0 Å². The zero-order valence-electron chi connectivity index (χ0n) is 8.84. The van der Waals surface area contributed by atoms with E-state index in [9.17, 15) is 4.79 Å². The number of likely N-dealkylation sites (N-methyl/N-ethyl adjacent to an activating group) is 1. The number of carbonyl (C=O) groups excluding carboxylic acids is 1. The van der Waals surface area contributed by atoms with Crippen molar-refractivity contribution in [3.63, 3.8) is 0 Å². The molecule has 3 nitrogen and oxygen atoms in total. The number of carbonyl (C=O) groups is 1. The standard InChI is InChI=1S/C10H20N2O/c1-4-7-8-11-9-10(13)12(5-2)6-3/h4,7,11H,5-6,8-9H2,1-3H3/b7-4+. The zero-order chi connectivity index (χ0) is 10.1. The highest BCUT2D eigenvalue weighted by molar-refractivity contribution is 5.78. The maximum atomic E-state index is 11.4. The molecule has 0 aliphatic heterocycles. The minimum Gasteiger partial charge on any atom is -0.342 e. The lowest BCUT2D eigenvalue weighted by Crippen LogP contribution is -2.37. The van der Waals surface area contributed by atoms with E-state index in [1.807, 2.05) is 37.8 Å². The van der Waals surface area contributed by atoms with Crippen molar-refractivity contribution < 1.29 is 4.79 Å². The second-order valence-corrected chi connectivity index (χ2v) is 2.77. The van der Waals surface area contributed by atoms with Gasteiger partial charge in [-0.05, 0) is 20.8 Å². The molecule has 0 saturated carbocycles. The molecule has 13 heavy (non-hydrogen) atoms. The molecule has 0 heterocycles. The molecule has 0 aliphatic rings. The number of rotatable bonds is 6. The van der Waals surface area contributed by atoms with Crippen LogP contribution in [0, 0.1) is 0 Å². The number of allylic oxidation sites excluding steroid dienone is 1. The topological polar surface area (TPSA) is 32.3 Å². The lowest BCUT2D eigenvalue weighted by molar-refractivity contribution is -0.129. The predicted molar refractivity (Wildman–Crippen MR) is 55.6 cm³/mol. The molecule has 0 aromatic rings. The van der Waals surface area contributed by atoms with Gasteiger partial charge >= 0.3 is 0 Å². The Hall–Kier alpha value is -0.830. The summed E-state index contributed by atoms with van der Waals surface area (Å²) in [5.41, 5.74) is 0. The Labute approximate surface area is 80.8 Å². The number of nitrogens with one attached hydrogen (secondary N) is 1. The summed E-state index contributed by atoms with van der Waals surface area (Å²) in [7, 11) is 0. The van der Waals surface area contributed by atoms with E-state index in [2.05, 4.69) is 5.32 Å². The number of nitrogens with zero attached hydrogens (tertiary/aromatic N) is 1. The van der Waals surface area contributed by atoms with Crippen molar-refractivity contribution in [1.82, 2.24) is 10.2 Å². The fourth-order valence-electron chi connectivity index (χ4n) is 1.07. The third-order valence-corrected chi connectivity index (χ3v) is 1.89. The Morgan fingerprint density at radius 1 is 1.38 bits per heavy atom. The fourth-order valence-corrected chi connectivity index (χ4v) is 1.07. The summed E-state index contributed by atoms with van der Waals surface area (Å²) >= 11 is 0. The summed E-state index contributed by atoms with van der Waals surface area (Å²) in [6.07, 6.45) is 3.96. The Balaban J connectivity index is 3.60. The smallest absolute Gasteiger partial charge is 0.236 e. The van der Waals surface area contributed by atoms with Crippen LogP contribution in [0.4, 0.5) is 0 Å². The van der Waals surface area contributed by atoms with Crippen molar-refractivity contribution in [3.8, 4) is 0 Å². The van der Waals surface area contributed by atoms with E-state index in [1.165, 1.54) is 0 Å². The minimum atomic E-state index is 0.175. The Bertz CT molecular complexity index is 162. The normalized spacial score (nSPS) is 10.7. The molecule has 0 rings (SSSR count). The summed E-state index contributed by atoms with van der Waals surface area (Å²) in [4.78, 5) is 13.2.